The highest BCUT2D eigenvalue weighted by Crippen LogP contribution is 2.50. The molecule has 1 aliphatic heterocycles. The van der Waals surface area contributed by atoms with Crippen LogP contribution in [0.1, 0.15) is 29.7 Å². The van der Waals surface area contributed by atoms with Gasteiger partial charge in [-0.3, -0.25) is 4.79 Å². The highest BCUT2D eigenvalue weighted by molar-refractivity contribution is 5.91. The summed E-state index contributed by atoms with van der Waals surface area (Å²) in [6.07, 6.45) is 2.35. The molecule has 7 nitrogen and oxygen atoms in total. The van der Waals surface area contributed by atoms with Gasteiger partial charge in [-0.25, -0.2) is 0 Å². The lowest BCUT2D eigenvalue weighted by Crippen LogP contribution is -2.42. The molecule has 0 bridgehead atoms. The van der Waals surface area contributed by atoms with Gasteiger partial charge >= 0.3 is 0 Å². The molecule has 166 valence electrons. The lowest BCUT2D eigenvalue weighted by atomic mass is 9.94. The first-order valence-electron chi connectivity index (χ1n) is 10.7. The van der Waals surface area contributed by atoms with Gasteiger partial charge in [-0.15, -0.1) is 0 Å². The van der Waals surface area contributed by atoms with Gasteiger partial charge in [-0.05, 0) is 54.7 Å². The van der Waals surface area contributed by atoms with Gasteiger partial charge in [-0.1, -0.05) is 17.3 Å². The lowest BCUT2D eigenvalue weighted by Gasteiger charge is -2.32. The van der Waals surface area contributed by atoms with Crippen molar-refractivity contribution < 1.29 is 23.5 Å². The number of fused-ring (bicyclic) bond motifs is 1. The molecular formula is C25H26N2O5. The number of benzene rings is 2. The number of aromatic nitrogens is 1. The van der Waals surface area contributed by atoms with Crippen molar-refractivity contribution in [3.05, 3.63) is 59.3 Å². The summed E-state index contributed by atoms with van der Waals surface area (Å²) in [5.74, 6) is 2.90. The quantitative estimate of drug-likeness (QED) is 0.584. The summed E-state index contributed by atoms with van der Waals surface area (Å²) in [5, 5.41) is 4.29. The summed E-state index contributed by atoms with van der Waals surface area (Å²) in [6.45, 7) is 1.22. The van der Waals surface area contributed by atoms with Gasteiger partial charge in [0.2, 0.25) is 5.91 Å². The minimum Gasteiger partial charge on any atom is -0.497 e. The van der Waals surface area contributed by atoms with Crippen LogP contribution in [-0.2, 0) is 23.2 Å². The molecule has 2 heterocycles. The second-order valence-corrected chi connectivity index (χ2v) is 8.34. The zero-order chi connectivity index (χ0) is 22.3. The Bertz CT molecular complexity index is 1160. The third-order valence-corrected chi connectivity index (χ3v) is 6.52. The fourth-order valence-corrected chi connectivity index (χ4v) is 4.48. The third kappa shape index (κ3) is 3.38. The summed E-state index contributed by atoms with van der Waals surface area (Å²) in [4.78, 5) is 15.5. The van der Waals surface area contributed by atoms with Crippen LogP contribution in [0.3, 0.4) is 0 Å². The predicted molar refractivity (Wildman–Crippen MR) is 118 cm³/mol. The van der Waals surface area contributed by atoms with E-state index in [0.29, 0.717) is 30.3 Å². The SMILES string of the molecule is COc1cccc(-c2cc(C3(C(=O)N4CCc5cc(OC)c(OC)cc5C4)CC3)no2)c1. The molecule has 0 atom stereocenters. The number of carbonyl (C=O) groups excluding carboxylic acids is 1. The molecule has 32 heavy (non-hydrogen) atoms. The molecule has 2 aliphatic rings. The molecule has 1 saturated carbocycles. The first-order valence-corrected chi connectivity index (χ1v) is 10.7. The molecule has 0 N–H and O–H groups in total. The van der Waals surface area contributed by atoms with E-state index in [0.717, 1.165) is 41.9 Å². The highest BCUT2D eigenvalue weighted by atomic mass is 16.5. The Morgan fingerprint density at radius 3 is 2.44 bits per heavy atom. The number of rotatable bonds is 6. The molecule has 7 heteroatoms. The number of amides is 1. The number of ether oxygens (including phenoxy) is 3. The molecule has 0 saturated heterocycles. The molecule has 0 radical (unpaired) electrons. The normalized spacial score (nSPS) is 16.3. The van der Waals surface area contributed by atoms with Gasteiger partial charge in [0, 0.05) is 24.7 Å². The minimum atomic E-state index is -0.589. The van der Waals surface area contributed by atoms with Crippen molar-refractivity contribution in [2.24, 2.45) is 0 Å². The molecule has 1 amide bonds. The summed E-state index contributed by atoms with van der Waals surface area (Å²) in [7, 11) is 4.89. The van der Waals surface area contributed by atoms with Gasteiger partial charge < -0.3 is 23.6 Å². The van der Waals surface area contributed by atoms with Crippen LogP contribution in [0.5, 0.6) is 17.2 Å². The summed E-state index contributed by atoms with van der Waals surface area (Å²) in [6, 6.07) is 13.5. The van der Waals surface area contributed by atoms with E-state index in [1.54, 1.807) is 21.3 Å². The Morgan fingerprint density at radius 1 is 1.00 bits per heavy atom. The number of hydrogen-bond acceptors (Lipinski definition) is 6. The monoisotopic (exact) mass is 434 g/mol. The molecule has 0 spiro atoms. The summed E-state index contributed by atoms with van der Waals surface area (Å²) >= 11 is 0. The van der Waals surface area contributed by atoms with Crippen molar-refractivity contribution in [1.82, 2.24) is 10.1 Å². The molecule has 1 aromatic heterocycles. The number of carbonyl (C=O) groups is 1. The summed E-state index contributed by atoms with van der Waals surface area (Å²) < 4.78 is 21.8. The van der Waals surface area contributed by atoms with Gasteiger partial charge in [0.05, 0.1) is 32.4 Å². The Labute approximate surface area is 186 Å². The van der Waals surface area contributed by atoms with Crippen LogP contribution in [0.15, 0.2) is 47.0 Å². The Morgan fingerprint density at radius 2 is 1.75 bits per heavy atom. The van der Waals surface area contributed by atoms with Crippen molar-refractivity contribution in [3.63, 3.8) is 0 Å². The third-order valence-electron chi connectivity index (χ3n) is 6.52. The first kappa shape index (κ1) is 20.4. The van der Waals surface area contributed by atoms with Crippen LogP contribution in [0.4, 0.5) is 0 Å². The van der Waals surface area contributed by atoms with Crippen LogP contribution in [0.2, 0.25) is 0 Å². The van der Waals surface area contributed by atoms with Gasteiger partial charge in [0.25, 0.3) is 0 Å². The van der Waals surface area contributed by atoms with Gasteiger partial charge in [0.15, 0.2) is 17.3 Å². The number of methoxy groups -OCH3 is 3. The van der Waals surface area contributed by atoms with Crippen LogP contribution in [0.25, 0.3) is 11.3 Å². The first-order chi connectivity index (χ1) is 15.6. The molecule has 2 aromatic carbocycles. The fourth-order valence-electron chi connectivity index (χ4n) is 4.48. The van der Waals surface area contributed by atoms with Crippen molar-refractivity contribution in [2.45, 2.75) is 31.2 Å². The van der Waals surface area contributed by atoms with Crippen LogP contribution < -0.4 is 14.2 Å². The Kier molecular flexibility index (Phi) is 5.04. The number of nitrogens with zero attached hydrogens (tertiary/aromatic N) is 2. The van der Waals surface area contributed by atoms with E-state index < -0.39 is 5.41 Å². The average molecular weight is 434 g/mol. The highest BCUT2D eigenvalue weighted by Gasteiger charge is 2.55. The molecule has 3 aromatic rings. The average Bonchev–Trinajstić information content (AvgIpc) is 3.50. The van der Waals surface area contributed by atoms with Crippen molar-refractivity contribution in [2.75, 3.05) is 27.9 Å². The second-order valence-electron chi connectivity index (χ2n) is 8.34. The molecule has 5 rings (SSSR count). The molecule has 1 aliphatic carbocycles. The predicted octanol–water partition coefficient (Wildman–Crippen LogP) is 3.98. The number of hydrogen-bond donors (Lipinski definition) is 0. The van der Waals surface area contributed by atoms with Crippen molar-refractivity contribution in [3.8, 4) is 28.6 Å². The maximum absolute atomic E-state index is 13.6. The van der Waals surface area contributed by atoms with Crippen molar-refractivity contribution in [1.29, 1.82) is 0 Å². The van der Waals surface area contributed by atoms with Crippen LogP contribution >= 0.6 is 0 Å². The van der Waals surface area contributed by atoms with E-state index in [9.17, 15) is 4.79 Å². The van der Waals surface area contributed by atoms with E-state index in [1.807, 2.05) is 47.4 Å². The Hall–Kier alpha value is -3.48. The lowest BCUT2D eigenvalue weighted by molar-refractivity contribution is -0.135. The fraction of sp³-hybridized carbons (Fsp3) is 0.360. The van der Waals surface area contributed by atoms with Crippen LogP contribution in [0, 0.1) is 0 Å². The van der Waals surface area contributed by atoms with Crippen LogP contribution in [-0.4, -0.2) is 43.8 Å². The zero-order valence-electron chi connectivity index (χ0n) is 18.5. The van der Waals surface area contributed by atoms with Gasteiger partial charge in [0.1, 0.15) is 5.75 Å². The smallest absolute Gasteiger partial charge is 0.235 e. The van der Waals surface area contributed by atoms with Crippen molar-refractivity contribution >= 4 is 5.91 Å². The minimum absolute atomic E-state index is 0.114. The molecule has 0 unspecified atom stereocenters. The van der Waals surface area contributed by atoms with E-state index in [1.165, 1.54) is 5.56 Å². The van der Waals surface area contributed by atoms with E-state index >= 15 is 0 Å². The van der Waals surface area contributed by atoms with E-state index in [2.05, 4.69) is 5.16 Å². The maximum atomic E-state index is 13.6. The largest absolute Gasteiger partial charge is 0.497 e. The summed E-state index contributed by atoms with van der Waals surface area (Å²) in [5.41, 5.74) is 3.28. The van der Waals surface area contributed by atoms with Gasteiger partial charge in [-0.2, -0.15) is 0 Å². The standard InChI is InChI=1S/C25H26N2O5/c1-29-19-6-4-5-17(11-19)20-14-23(26-32-20)25(8-9-25)24(28)27-10-7-16-12-21(30-2)22(31-3)13-18(16)15-27/h4-6,11-14H,7-10,15H2,1-3H3. The maximum Gasteiger partial charge on any atom is 0.235 e. The topological polar surface area (TPSA) is 74.0 Å². The molecule has 1 fully saturated rings. The second kappa shape index (κ2) is 7.89. The van der Waals surface area contributed by atoms with E-state index in [-0.39, 0.29) is 5.91 Å². The Balaban J connectivity index is 1.38. The van der Waals surface area contributed by atoms with E-state index in [4.69, 9.17) is 18.7 Å². The molecular weight excluding hydrogens is 408 g/mol. The zero-order valence-corrected chi connectivity index (χ0v) is 18.5.